The van der Waals surface area contributed by atoms with Crippen molar-refractivity contribution in [2.24, 2.45) is 0 Å². The molecule has 6 heteroatoms. The molecule has 19 heavy (non-hydrogen) atoms. The Morgan fingerprint density at radius 3 is 2.84 bits per heavy atom. The summed E-state index contributed by atoms with van der Waals surface area (Å²) in [5, 5.41) is 20.7. The average Bonchev–Trinajstić information content (AvgIpc) is 2.44. The molecule has 4 N–H and O–H groups in total. The molecular formula is C13H14N2O4. The zero-order valence-corrected chi connectivity index (χ0v) is 10.1. The van der Waals surface area contributed by atoms with Crippen LogP contribution in [0.2, 0.25) is 0 Å². The van der Waals surface area contributed by atoms with Crippen LogP contribution >= 0.6 is 0 Å². The second-order valence-electron chi connectivity index (χ2n) is 4.14. The summed E-state index contributed by atoms with van der Waals surface area (Å²) in [6.45, 7) is -0.515. The maximum absolute atomic E-state index is 11.8. The molecule has 0 aliphatic heterocycles. The first-order valence-corrected chi connectivity index (χ1v) is 5.81. The van der Waals surface area contributed by atoms with E-state index >= 15 is 0 Å². The highest BCUT2D eigenvalue weighted by Crippen LogP contribution is 2.07. The number of pyridine rings is 1. The van der Waals surface area contributed by atoms with Crippen molar-refractivity contribution in [1.82, 2.24) is 10.3 Å². The number of benzene rings is 1. The maximum atomic E-state index is 11.8. The number of aliphatic hydroxyl groups excluding tert-OH is 2. The molecule has 0 bridgehead atoms. The van der Waals surface area contributed by atoms with Gasteiger partial charge in [0.05, 0.1) is 12.7 Å². The second-order valence-corrected chi connectivity index (χ2v) is 4.14. The van der Waals surface area contributed by atoms with E-state index in [9.17, 15) is 9.59 Å². The molecular weight excluding hydrogens is 248 g/mol. The van der Waals surface area contributed by atoms with Crippen molar-refractivity contribution in [3.8, 4) is 0 Å². The number of aliphatic hydroxyl groups is 2. The van der Waals surface area contributed by atoms with Gasteiger partial charge < -0.3 is 20.5 Å². The molecule has 0 saturated heterocycles. The molecule has 0 aliphatic rings. The third-order valence-electron chi connectivity index (χ3n) is 2.69. The third-order valence-corrected chi connectivity index (χ3v) is 2.69. The first-order chi connectivity index (χ1) is 9.11. The van der Waals surface area contributed by atoms with E-state index in [0.717, 1.165) is 0 Å². The molecule has 2 aromatic rings. The van der Waals surface area contributed by atoms with E-state index in [4.69, 9.17) is 10.2 Å². The fourth-order valence-electron chi connectivity index (χ4n) is 1.69. The maximum Gasteiger partial charge on any atom is 0.267 e. The van der Waals surface area contributed by atoms with Crippen LogP contribution in [-0.2, 0) is 0 Å². The van der Waals surface area contributed by atoms with Crippen molar-refractivity contribution in [3.63, 3.8) is 0 Å². The van der Waals surface area contributed by atoms with Gasteiger partial charge in [-0.1, -0.05) is 12.1 Å². The number of rotatable bonds is 4. The summed E-state index contributed by atoms with van der Waals surface area (Å²) in [6.07, 6.45) is -1.02. The van der Waals surface area contributed by atoms with E-state index in [0.29, 0.717) is 10.9 Å². The van der Waals surface area contributed by atoms with Gasteiger partial charge in [-0.05, 0) is 12.1 Å². The predicted molar refractivity (Wildman–Crippen MR) is 70.0 cm³/mol. The summed E-state index contributed by atoms with van der Waals surface area (Å²) in [5.74, 6) is -0.504. The van der Waals surface area contributed by atoms with Crippen LogP contribution in [0.25, 0.3) is 10.9 Å². The van der Waals surface area contributed by atoms with E-state index in [-0.39, 0.29) is 17.7 Å². The Bertz CT molecular complexity index is 650. The first-order valence-electron chi connectivity index (χ1n) is 5.81. The number of amides is 1. The normalized spacial score (nSPS) is 12.3. The third kappa shape index (κ3) is 2.98. The molecule has 1 amide bonds. The molecule has 0 spiro atoms. The van der Waals surface area contributed by atoms with Crippen molar-refractivity contribution in [2.75, 3.05) is 13.2 Å². The smallest absolute Gasteiger partial charge is 0.267 e. The second kappa shape index (κ2) is 5.64. The minimum absolute atomic E-state index is 0.0792. The number of carbonyl (C=O) groups is 1. The van der Waals surface area contributed by atoms with Crippen LogP contribution in [0.4, 0.5) is 0 Å². The fraction of sp³-hybridized carbons (Fsp3) is 0.231. The molecule has 0 aliphatic carbocycles. The van der Waals surface area contributed by atoms with Crippen molar-refractivity contribution < 1.29 is 15.0 Å². The number of hydrogen-bond donors (Lipinski definition) is 4. The van der Waals surface area contributed by atoms with E-state index in [1.54, 1.807) is 24.3 Å². The fourth-order valence-corrected chi connectivity index (χ4v) is 1.69. The minimum Gasteiger partial charge on any atom is -0.394 e. The van der Waals surface area contributed by atoms with Crippen LogP contribution in [0, 0.1) is 0 Å². The Hall–Kier alpha value is -2.18. The quantitative estimate of drug-likeness (QED) is 0.602. The largest absolute Gasteiger partial charge is 0.394 e. The lowest BCUT2D eigenvalue weighted by Gasteiger charge is -2.09. The number of carbonyl (C=O) groups excluding carboxylic acids is 1. The van der Waals surface area contributed by atoms with E-state index in [1.165, 1.54) is 6.07 Å². The lowest BCUT2D eigenvalue weighted by molar-refractivity contribution is 0.0799. The summed E-state index contributed by atoms with van der Waals surface area (Å²) < 4.78 is 0. The monoisotopic (exact) mass is 262 g/mol. The van der Waals surface area contributed by atoms with E-state index in [2.05, 4.69) is 10.3 Å². The van der Waals surface area contributed by atoms with Crippen molar-refractivity contribution in [2.45, 2.75) is 6.10 Å². The highest BCUT2D eigenvalue weighted by atomic mass is 16.3. The molecule has 100 valence electrons. The van der Waals surface area contributed by atoms with Crippen molar-refractivity contribution in [3.05, 3.63) is 46.2 Å². The molecule has 1 heterocycles. The predicted octanol–water partition coefficient (Wildman–Crippen LogP) is -0.389. The van der Waals surface area contributed by atoms with Gasteiger partial charge in [-0.15, -0.1) is 0 Å². The molecule has 0 fully saturated rings. The molecule has 1 atom stereocenters. The van der Waals surface area contributed by atoms with E-state index in [1.807, 2.05) is 0 Å². The van der Waals surface area contributed by atoms with Crippen LogP contribution < -0.4 is 10.7 Å². The summed E-state index contributed by atoms with van der Waals surface area (Å²) in [4.78, 5) is 26.4. The molecule has 1 unspecified atom stereocenters. The topological polar surface area (TPSA) is 102 Å². The Kier molecular flexibility index (Phi) is 3.94. The Balaban J connectivity index is 2.25. The van der Waals surface area contributed by atoms with Crippen molar-refractivity contribution >= 4 is 16.8 Å². The number of para-hydroxylation sites is 1. The summed E-state index contributed by atoms with van der Waals surface area (Å²) in [5.41, 5.74) is 0.443. The van der Waals surface area contributed by atoms with Crippen LogP contribution in [0.3, 0.4) is 0 Å². The van der Waals surface area contributed by atoms with Gasteiger partial charge in [-0.3, -0.25) is 9.59 Å². The summed E-state index contributed by atoms with van der Waals surface area (Å²) in [7, 11) is 0. The van der Waals surface area contributed by atoms with Gasteiger partial charge in [0, 0.05) is 23.5 Å². The molecule has 1 aromatic carbocycles. The molecule has 1 aromatic heterocycles. The molecule has 0 radical (unpaired) electrons. The summed E-state index contributed by atoms with van der Waals surface area (Å²) in [6, 6.07) is 8.09. The number of aromatic amines is 1. The van der Waals surface area contributed by atoms with Gasteiger partial charge in [0.2, 0.25) is 0 Å². The number of fused-ring (bicyclic) bond motifs is 1. The molecule has 6 nitrogen and oxygen atoms in total. The van der Waals surface area contributed by atoms with Gasteiger partial charge in [0.1, 0.15) is 5.69 Å². The van der Waals surface area contributed by atoms with Crippen LogP contribution in [0.5, 0.6) is 0 Å². The van der Waals surface area contributed by atoms with Gasteiger partial charge >= 0.3 is 0 Å². The number of hydrogen-bond acceptors (Lipinski definition) is 4. The molecule has 2 rings (SSSR count). The van der Waals surface area contributed by atoms with Gasteiger partial charge in [0.25, 0.3) is 5.91 Å². The van der Waals surface area contributed by atoms with Crippen LogP contribution in [-0.4, -0.2) is 40.4 Å². The van der Waals surface area contributed by atoms with Gasteiger partial charge in [-0.2, -0.15) is 0 Å². The Morgan fingerprint density at radius 2 is 2.11 bits per heavy atom. The first kappa shape index (κ1) is 13.3. The van der Waals surface area contributed by atoms with Gasteiger partial charge in [-0.25, -0.2) is 0 Å². The van der Waals surface area contributed by atoms with Crippen LogP contribution in [0.15, 0.2) is 35.1 Å². The lowest BCUT2D eigenvalue weighted by Crippen LogP contribution is -2.34. The average molecular weight is 262 g/mol. The minimum atomic E-state index is -1.02. The number of H-pyrrole nitrogens is 1. The highest BCUT2D eigenvalue weighted by Gasteiger charge is 2.10. The zero-order chi connectivity index (χ0) is 13.8. The Morgan fingerprint density at radius 1 is 1.37 bits per heavy atom. The van der Waals surface area contributed by atoms with E-state index < -0.39 is 18.6 Å². The molecule has 0 saturated carbocycles. The van der Waals surface area contributed by atoms with Crippen molar-refractivity contribution in [1.29, 1.82) is 0 Å². The lowest BCUT2D eigenvalue weighted by atomic mass is 10.2. The van der Waals surface area contributed by atoms with Crippen LogP contribution in [0.1, 0.15) is 10.5 Å². The summed E-state index contributed by atoms with van der Waals surface area (Å²) >= 11 is 0. The van der Waals surface area contributed by atoms with Gasteiger partial charge in [0.15, 0.2) is 5.43 Å². The Labute approximate surface area is 108 Å². The standard InChI is InChI=1S/C13H14N2O4/c16-7-8(17)6-14-13(19)11-5-12(18)9-3-1-2-4-10(9)15-11/h1-5,8,16-17H,6-7H2,(H,14,19)(H,15,18). The number of nitrogens with one attached hydrogen (secondary N) is 2. The number of aromatic nitrogens is 1. The zero-order valence-electron chi connectivity index (χ0n) is 10.1. The SMILES string of the molecule is O=C(NCC(O)CO)c1cc(=O)c2ccccc2[nH]1. The highest BCUT2D eigenvalue weighted by molar-refractivity contribution is 5.94.